The number of benzene rings is 1. The number of carbonyl (C=O) groups excluding carboxylic acids is 1. The van der Waals surface area contributed by atoms with Gasteiger partial charge in [0.1, 0.15) is 5.75 Å². The van der Waals surface area contributed by atoms with Crippen LogP contribution in [0, 0.1) is 5.92 Å². The topological polar surface area (TPSA) is 75.7 Å². The van der Waals surface area contributed by atoms with Crippen LogP contribution >= 0.6 is 0 Å². The summed E-state index contributed by atoms with van der Waals surface area (Å²) < 4.78 is 85.2. The lowest BCUT2D eigenvalue weighted by atomic mass is 9.83. The molecular formula is C18H22F4N2O4S. The lowest BCUT2D eigenvalue weighted by Gasteiger charge is -2.35. The Labute approximate surface area is 166 Å². The summed E-state index contributed by atoms with van der Waals surface area (Å²) in [5.74, 6) is -7.95. The van der Waals surface area contributed by atoms with Gasteiger partial charge in [0.2, 0.25) is 15.9 Å². The molecule has 1 saturated heterocycles. The number of hydrogen-bond acceptors (Lipinski definition) is 4. The Morgan fingerprint density at radius 3 is 2.38 bits per heavy atom. The van der Waals surface area contributed by atoms with E-state index in [1.54, 1.807) is 0 Å². The van der Waals surface area contributed by atoms with Crippen molar-refractivity contribution in [1.82, 2.24) is 4.72 Å². The van der Waals surface area contributed by atoms with Gasteiger partial charge in [0.25, 0.3) is 5.91 Å². The summed E-state index contributed by atoms with van der Waals surface area (Å²) in [5, 5.41) is 0. The van der Waals surface area contributed by atoms with E-state index in [9.17, 15) is 30.8 Å². The van der Waals surface area contributed by atoms with Gasteiger partial charge in [-0.3, -0.25) is 4.79 Å². The Kier molecular flexibility index (Phi) is 5.83. The molecule has 2 aliphatic rings. The van der Waals surface area contributed by atoms with E-state index in [-0.39, 0.29) is 19.6 Å². The average Bonchev–Trinajstić information content (AvgIpc) is 2.88. The summed E-state index contributed by atoms with van der Waals surface area (Å²) in [6, 6.07) is 5.14. The van der Waals surface area contributed by atoms with E-state index >= 15 is 0 Å². The molecule has 1 aromatic carbocycles. The van der Waals surface area contributed by atoms with Gasteiger partial charge in [-0.1, -0.05) is 0 Å². The highest BCUT2D eigenvalue weighted by Crippen LogP contribution is 2.38. The van der Waals surface area contributed by atoms with Gasteiger partial charge >= 0.3 is 5.92 Å². The zero-order valence-electron chi connectivity index (χ0n) is 15.7. The monoisotopic (exact) mass is 438 g/mol. The third kappa shape index (κ3) is 5.39. The second-order valence-electron chi connectivity index (χ2n) is 7.57. The van der Waals surface area contributed by atoms with Crippen LogP contribution in [-0.2, 0) is 14.8 Å². The van der Waals surface area contributed by atoms with Crippen LogP contribution < -0.4 is 14.4 Å². The first kappa shape index (κ1) is 21.8. The van der Waals surface area contributed by atoms with E-state index in [2.05, 4.69) is 4.72 Å². The Hall–Kier alpha value is -1.88. The molecule has 1 N–H and O–H groups in total. The molecule has 0 aromatic heterocycles. The van der Waals surface area contributed by atoms with Gasteiger partial charge in [0, 0.05) is 43.5 Å². The Morgan fingerprint density at radius 2 is 1.83 bits per heavy atom. The van der Waals surface area contributed by atoms with E-state index in [0.717, 1.165) is 11.2 Å². The maximum absolute atomic E-state index is 13.8. The predicted octanol–water partition coefficient (Wildman–Crippen LogP) is 2.79. The Morgan fingerprint density at radius 1 is 1.17 bits per heavy atom. The molecule has 0 bridgehead atoms. The van der Waals surface area contributed by atoms with Gasteiger partial charge in [-0.05, 0) is 30.7 Å². The van der Waals surface area contributed by atoms with Crippen molar-refractivity contribution in [2.24, 2.45) is 5.92 Å². The van der Waals surface area contributed by atoms with Crippen LogP contribution in [0.25, 0.3) is 0 Å². The van der Waals surface area contributed by atoms with Crippen LogP contribution in [0.3, 0.4) is 0 Å². The highest BCUT2D eigenvalue weighted by Gasteiger charge is 2.48. The van der Waals surface area contributed by atoms with Crippen molar-refractivity contribution < 1.29 is 35.5 Å². The van der Waals surface area contributed by atoms with Crippen molar-refractivity contribution in [2.45, 2.75) is 43.6 Å². The molecule has 2 atom stereocenters. The highest BCUT2D eigenvalue weighted by molar-refractivity contribution is 7.88. The summed E-state index contributed by atoms with van der Waals surface area (Å²) in [4.78, 5) is 12.7. The summed E-state index contributed by atoms with van der Waals surface area (Å²) in [6.45, 7) is -0.231. The molecule has 2 fully saturated rings. The molecule has 11 heteroatoms. The number of amides is 1. The first-order valence-electron chi connectivity index (χ1n) is 9.14. The minimum Gasteiger partial charge on any atom is -0.493 e. The number of ether oxygens (including phenoxy) is 1. The number of rotatable bonds is 6. The number of nitrogens with one attached hydrogen (secondary N) is 1. The number of anilines is 1. The van der Waals surface area contributed by atoms with E-state index in [4.69, 9.17) is 4.74 Å². The average molecular weight is 438 g/mol. The maximum atomic E-state index is 13.8. The molecular weight excluding hydrogens is 416 g/mol. The molecule has 0 spiro atoms. The van der Waals surface area contributed by atoms with Crippen LogP contribution in [0.4, 0.5) is 23.2 Å². The second-order valence-corrected chi connectivity index (χ2v) is 9.35. The molecule has 0 unspecified atom stereocenters. The zero-order chi connectivity index (χ0) is 21.4. The molecule has 1 saturated carbocycles. The molecule has 6 nitrogen and oxygen atoms in total. The molecule has 3 rings (SSSR count). The smallest absolute Gasteiger partial charge is 0.326 e. The van der Waals surface area contributed by atoms with E-state index in [1.807, 2.05) is 0 Å². The van der Waals surface area contributed by atoms with E-state index in [0.29, 0.717) is 11.4 Å². The summed E-state index contributed by atoms with van der Waals surface area (Å²) in [6.07, 6.45) is -0.484. The fraction of sp³-hybridized carbons (Fsp3) is 0.611. The second kappa shape index (κ2) is 7.75. The minimum absolute atomic E-state index is 0.00167. The fourth-order valence-corrected chi connectivity index (χ4v) is 4.53. The number of alkyl halides is 4. The lowest BCUT2D eigenvalue weighted by Crippen LogP contribution is -2.48. The normalized spacial score (nSPS) is 26.5. The van der Waals surface area contributed by atoms with Gasteiger partial charge in [-0.25, -0.2) is 21.9 Å². The summed E-state index contributed by atoms with van der Waals surface area (Å²) in [5.41, 5.74) is 0.292. The molecule has 1 heterocycles. The fourth-order valence-electron chi connectivity index (χ4n) is 3.67. The molecule has 0 radical (unpaired) electrons. The van der Waals surface area contributed by atoms with E-state index < -0.39 is 59.0 Å². The lowest BCUT2D eigenvalue weighted by molar-refractivity contribution is -0.137. The van der Waals surface area contributed by atoms with Crippen LogP contribution in [0.15, 0.2) is 24.3 Å². The third-order valence-electron chi connectivity index (χ3n) is 5.14. The highest BCUT2D eigenvalue weighted by atomic mass is 32.2. The largest absolute Gasteiger partial charge is 0.493 e. The molecule has 29 heavy (non-hydrogen) atoms. The SMILES string of the molecule is CS(=O)(=O)N[C@H]1CCC(F)(F)C[C@H]1COc1ccc(N2CCC(F)(F)C2=O)cc1. The Bertz CT molecular complexity index is 861. The van der Waals surface area contributed by atoms with Crippen molar-refractivity contribution in [1.29, 1.82) is 0 Å². The number of hydrogen-bond donors (Lipinski definition) is 1. The predicted molar refractivity (Wildman–Crippen MR) is 97.9 cm³/mol. The third-order valence-corrected chi connectivity index (χ3v) is 5.87. The first-order chi connectivity index (χ1) is 13.4. The number of nitrogens with zero attached hydrogens (tertiary/aromatic N) is 1. The zero-order valence-corrected chi connectivity index (χ0v) is 16.5. The van der Waals surface area contributed by atoms with Crippen molar-refractivity contribution >= 4 is 21.6 Å². The molecule has 1 aliphatic carbocycles. The number of sulfonamides is 1. The quantitative estimate of drug-likeness (QED) is 0.693. The molecule has 1 amide bonds. The van der Waals surface area contributed by atoms with Crippen LogP contribution in [0.5, 0.6) is 5.75 Å². The van der Waals surface area contributed by atoms with Crippen LogP contribution in [0.2, 0.25) is 0 Å². The molecule has 162 valence electrons. The first-order valence-corrected chi connectivity index (χ1v) is 11.0. The van der Waals surface area contributed by atoms with Gasteiger partial charge in [0.15, 0.2) is 0 Å². The van der Waals surface area contributed by atoms with Crippen molar-refractivity contribution in [2.75, 3.05) is 24.3 Å². The van der Waals surface area contributed by atoms with Gasteiger partial charge in [0.05, 0.1) is 12.9 Å². The standard InChI is InChI=1S/C18H22F4N2O4S/c1-29(26,27)23-15-6-7-17(19,20)10-12(15)11-28-14-4-2-13(3-5-14)24-9-8-18(21,22)16(24)25/h2-5,12,15,23H,6-11H2,1H3/t12-,15-/m0/s1. The van der Waals surface area contributed by atoms with Crippen molar-refractivity contribution in [3.8, 4) is 5.75 Å². The minimum atomic E-state index is -3.56. The Balaban J connectivity index is 1.64. The van der Waals surface area contributed by atoms with Gasteiger partial charge in [-0.2, -0.15) is 8.78 Å². The molecule has 1 aromatic rings. The number of carbonyl (C=O) groups is 1. The maximum Gasteiger partial charge on any atom is 0.326 e. The van der Waals surface area contributed by atoms with Crippen molar-refractivity contribution in [3.05, 3.63) is 24.3 Å². The van der Waals surface area contributed by atoms with Gasteiger partial charge < -0.3 is 9.64 Å². The van der Waals surface area contributed by atoms with Crippen LogP contribution in [-0.4, -0.2) is 51.6 Å². The molecule has 1 aliphatic heterocycles. The van der Waals surface area contributed by atoms with E-state index in [1.165, 1.54) is 24.3 Å². The van der Waals surface area contributed by atoms with Crippen molar-refractivity contribution in [3.63, 3.8) is 0 Å². The number of halogens is 4. The summed E-state index contributed by atoms with van der Waals surface area (Å²) in [7, 11) is -3.56. The van der Waals surface area contributed by atoms with Crippen LogP contribution in [0.1, 0.15) is 25.7 Å². The summed E-state index contributed by atoms with van der Waals surface area (Å²) >= 11 is 0. The van der Waals surface area contributed by atoms with Gasteiger partial charge in [-0.15, -0.1) is 0 Å².